The number of likely N-dealkylation sites (N-methyl/N-ethyl adjacent to an activating group) is 1. The van der Waals surface area contributed by atoms with E-state index in [4.69, 9.17) is 14.2 Å². The molecule has 0 bridgehead atoms. The number of nitrogens with zero attached hydrogens (tertiary/aromatic N) is 1. The third-order valence-corrected chi connectivity index (χ3v) is 3.24. The minimum atomic E-state index is -0.580. The fourth-order valence-electron chi connectivity index (χ4n) is 2.12. The van der Waals surface area contributed by atoms with Crippen LogP contribution in [0.2, 0.25) is 0 Å². The number of ether oxygens (including phenoxy) is 3. The SMILES string of the molecule is COCCCOCCN(C)CC1(O)CCOCC1. The van der Waals surface area contributed by atoms with E-state index >= 15 is 0 Å². The van der Waals surface area contributed by atoms with Gasteiger partial charge in [-0.15, -0.1) is 0 Å². The molecule has 1 heterocycles. The van der Waals surface area contributed by atoms with Crippen molar-refractivity contribution in [3.8, 4) is 0 Å². The first-order valence-corrected chi connectivity index (χ1v) is 6.72. The summed E-state index contributed by atoms with van der Waals surface area (Å²) in [5.41, 5.74) is -0.580. The predicted octanol–water partition coefficient (Wildman–Crippen LogP) is 0.513. The topological polar surface area (TPSA) is 51.2 Å². The second-order valence-electron chi connectivity index (χ2n) is 5.03. The van der Waals surface area contributed by atoms with Crippen LogP contribution < -0.4 is 0 Å². The lowest BCUT2D eigenvalue weighted by atomic mass is 9.94. The van der Waals surface area contributed by atoms with E-state index in [-0.39, 0.29) is 0 Å². The van der Waals surface area contributed by atoms with Crippen molar-refractivity contribution in [3.05, 3.63) is 0 Å². The lowest BCUT2D eigenvalue weighted by molar-refractivity contribution is -0.0786. The van der Waals surface area contributed by atoms with Crippen molar-refractivity contribution in [1.29, 1.82) is 0 Å². The van der Waals surface area contributed by atoms with E-state index in [1.165, 1.54) is 0 Å². The average molecular weight is 261 g/mol. The lowest BCUT2D eigenvalue weighted by Crippen LogP contribution is -2.46. The normalized spacial score (nSPS) is 19.3. The van der Waals surface area contributed by atoms with Gasteiger partial charge in [0.25, 0.3) is 0 Å². The van der Waals surface area contributed by atoms with Gasteiger partial charge < -0.3 is 24.2 Å². The molecule has 108 valence electrons. The van der Waals surface area contributed by atoms with E-state index in [1.54, 1.807) is 7.11 Å². The maximum atomic E-state index is 10.3. The highest BCUT2D eigenvalue weighted by Crippen LogP contribution is 2.20. The van der Waals surface area contributed by atoms with E-state index in [0.29, 0.717) is 26.4 Å². The van der Waals surface area contributed by atoms with Crippen molar-refractivity contribution in [3.63, 3.8) is 0 Å². The summed E-state index contributed by atoms with van der Waals surface area (Å²) in [7, 11) is 3.72. The molecule has 1 N–H and O–H groups in total. The molecule has 5 heteroatoms. The first kappa shape index (κ1) is 15.9. The highest BCUT2D eigenvalue weighted by Gasteiger charge is 2.30. The molecule has 0 amide bonds. The fourth-order valence-corrected chi connectivity index (χ4v) is 2.12. The Labute approximate surface area is 110 Å². The Morgan fingerprint density at radius 1 is 1.22 bits per heavy atom. The van der Waals surface area contributed by atoms with Crippen LogP contribution in [-0.2, 0) is 14.2 Å². The summed E-state index contributed by atoms with van der Waals surface area (Å²) in [6.45, 7) is 5.05. The summed E-state index contributed by atoms with van der Waals surface area (Å²) in [5, 5.41) is 10.3. The molecule has 1 aliphatic rings. The van der Waals surface area contributed by atoms with Crippen LogP contribution in [-0.4, -0.2) is 75.9 Å². The van der Waals surface area contributed by atoms with Crippen molar-refractivity contribution in [2.24, 2.45) is 0 Å². The van der Waals surface area contributed by atoms with E-state index in [9.17, 15) is 5.11 Å². The number of rotatable bonds is 9. The quantitative estimate of drug-likeness (QED) is 0.613. The van der Waals surface area contributed by atoms with E-state index in [1.807, 2.05) is 7.05 Å². The van der Waals surface area contributed by atoms with Crippen molar-refractivity contribution in [2.45, 2.75) is 24.9 Å². The smallest absolute Gasteiger partial charge is 0.0817 e. The number of methoxy groups -OCH3 is 1. The van der Waals surface area contributed by atoms with Gasteiger partial charge >= 0.3 is 0 Å². The molecule has 1 saturated heterocycles. The van der Waals surface area contributed by atoms with E-state index in [0.717, 1.165) is 39.0 Å². The summed E-state index contributed by atoms with van der Waals surface area (Å²) >= 11 is 0. The summed E-state index contributed by atoms with van der Waals surface area (Å²) in [4.78, 5) is 2.13. The summed E-state index contributed by atoms with van der Waals surface area (Å²) in [6, 6.07) is 0. The minimum absolute atomic E-state index is 0.580. The molecule has 1 fully saturated rings. The van der Waals surface area contributed by atoms with E-state index < -0.39 is 5.60 Å². The van der Waals surface area contributed by atoms with Crippen molar-refractivity contribution >= 4 is 0 Å². The van der Waals surface area contributed by atoms with Crippen molar-refractivity contribution in [2.75, 3.05) is 60.3 Å². The first-order valence-electron chi connectivity index (χ1n) is 6.72. The van der Waals surface area contributed by atoms with Gasteiger partial charge in [0.2, 0.25) is 0 Å². The molecule has 18 heavy (non-hydrogen) atoms. The third kappa shape index (κ3) is 6.66. The maximum absolute atomic E-state index is 10.3. The second-order valence-corrected chi connectivity index (χ2v) is 5.03. The van der Waals surface area contributed by atoms with Crippen LogP contribution in [0.15, 0.2) is 0 Å². The Morgan fingerprint density at radius 2 is 1.94 bits per heavy atom. The van der Waals surface area contributed by atoms with Gasteiger partial charge in [0.05, 0.1) is 12.2 Å². The van der Waals surface area contributed by atoms with Gasteiger partial charge in [-0.3, -0.25) is 0 Å². The average Bonchev–Trinajstić information content (AvgIpc) is 2.34. The molecule has 0 spiro atoms. The highest BCUT2D eigenvalue weighted by atomic mass is 16.5. The Hall–Kier alpha value is -0.200. The van der Waals surface area contributed by atoms with Gasteiger partial charge in [0, 0.05) is 59.5 Å². The summed E-state index contributed by atoms with van der Waals surface area (Å²) in [6.07, 6.45) is 2.39. The molecule has 0 aromatic carbocycles. The Morgan fingerprint density at radius 3 is 2.61 bits per heavy atom. The van der Waals surface area contributed by atoms with Crippen LogP contribution >= 0.6 is 0 Å². The minimum Gasteiger partial charge on any atom is -0.388 e. The van der Waals surface area contributed by atoms with Crippen LogP contribution in [0, 0.1) is 0 Å². The maximum Gasteiger partial charge on any atom is 0.0817 e. The monoisotopic (exact) mass is 261 g/mol. The fraction of sp³-hybridized carbons (Fsp3) is 1.00. The predicted molar refractivity (Wildman–Crippen MR) is 69.8 cm³/mol. The van der Waals surface area contributed by atoms with Crippen LogP contribution in [0.5, 0.6) is 0 Å². The van der Waals surface area contributed by atoms with Crippen LogP contribution in [0.1, 0.15) is 19.3 Å². The molecule has 1 rings (SSSR count). The molecular formula is C13H27NO4. The summed E-state index contributed by atoms with van der Waals surface area (Å²) in [5.74, 6) is 0. The summed E-state index contributed by atoms with van der Waals surface area (Å²) < 4.78 is 15.7. The van der Waals surface area contributed by atoms with Gasteiger partial charge in [0.1, 0.15) is 0 Å². The zero-order valence-electron chi connectivity index (χ0n) is 11.7. The zero-order chi connectivity index (χ0) is 13.3. The Bertz CT molecular complexity index is 207. The van der Waals surface area contributed by atoms with Crippen LogP contribution in [0.4, 0.5) is 0 Å². The first-order chi connectivity index (χ1) is 8.66. The zero-order valence-corrected chi connectivity index (χ0v) is 11.7. The Kier molecular flexibility index (Phi) is 7.77. The van der Waals surface area contributed by atoms with Gasteiger partial charge in [-0.1, -0.05) is 0 Å². The number of hydrogen-bond acceptors (Lipinski definition) is 5. The standard InChI is InChI=1S/C13H27NO4/c1-14(6-11-17-8-3-7-16-2)12-13(15)4-9-18-10-5-13/h15H,3-12H2,1-2H3. The molecule has 0 atom stereocenters. The second kappa shape index (κ2) is 8.82. The van der Waals surface area contributed by atoms with Crippen molar-refractivity contribution in [1.82, 2.24) is 4.90 Å². The largest absolute Gasteiger partial charge is 0.388 e. The number of aliphatic hydroxyl groups is 1. The molecule has 0 aromatic rings. The molecular weight excluding hydrogens is 234 g/mol. The Balaban J connectivity index is 2.04. The van der Waals surface area contributed by atoms with Gasteiger partial charge in [0.15, 0.2) is 0 Å². The van der Waals surface area contributed by atoms with Gasteiger partial charge in [-0.25, -0.2) is 0 Å². The molecule has 0 radical (unpaired) electrons. The van der Waals surface area contributed by atoms with Crippen LogP contribution in [0.3, 0.4) is 0 Å². The van der Waals surface area contributed by atoms with Crippen molar-refractivity contribution < 1.29 is 19.3 Å². The van der Waals surface area contributed by atoms with E-state index in [2.05, 4.69) is 4.90 Å². The molecule has 0 saturated carbocycles. The molecule has 1 aliphatic heterocycles. The van der Waals surface area contributed by atoms with Crippen LogP contribution in [0.25, 0.3) is 0 Å². The van der Waals surface area contributed by atoms with Gasteiger partial charge in [-0.05, 0) is 13.5 Å². The third-order valence-electron chi connectivity index (χ3n) is 3.24. The van der Waals surface area contributed by atoms with Gasteiger partial charge in [-0.2, -0.15) is 0 Å². The highest BCUT2D eigenvalue weighted by molar-refractivity contribution is 4.83. The number of hydrogen-bond donors (Lipinski definition) is 1. The molecule has 5 nitrogen and oxygen atoms in total. The lowest BCUT2D eigenvalue weighted by Gasteiger charge is -2.35. The molecule has 0 aromatic heterocycles. The molecule has 0 aliphatic carbocycles. The molecule has 0 unspecified atom stereocenters.